The van der Waals surface area contributed by atoms with Gasteiger partial charge in [0, 0.05) is 35.5 Å². The zero-order chi connectivity index (χ0) is 14.6. The molecule has 2 aliphatic rings. The van der Waals surface area contributed by atoms with Crippen molar-refractivity contribution in [3.8, 4) is 0 Å². The van der Waals surface area contributed by atoms with E-state index in [0.717, 1.165) is 24.2 Å². The summed E-state index contributed by atoms with van der Waals surface area (Å²) >= 11 is 0. The number of carbonyl (C=O) groups is 1. The molecule has 0 radical (unpaired) electrons. The third-order valence-electron chi connectivity index (χ3n) is 5.16. The number of Topliss-reactive ketones (excluding diaryl/α,β-unsaturated/α-hetero) is 1. The van der Waals surface area contributed by atoms with E-state index in [2.05, 4.69) is 48.1 Å². The van der Waals surface area contributed by atoms with E-state index < -0.39 is 0 Å². The summed E-state index contributed by atoms with van der Waals surface area (Å²) in [5.41, 5.74) is 4.56. The molecule has 3 heteroatoms. The molecule has 1 aromatic carbocycles. The van der Waals surface area contributed by atoms with Crippen LogP contribution in [0.5, 0.6) is 0 Å². The van der Waals surface area contributed by atoms with Gasteiger partial charge in [-0.25, -0.2) is 0 Å². The summed E-state index contributed by atoms with van der Waals surface area (Å²) in [6, 6.07) is 8.63. The molecule has 2 heterocycles. The molecule has 2 atom stereocenters. The molecule has 108 valence electrons. The van der Waals surface area contributed by atoms with Gasteiger partial charge in [-0.1, -0.05) is 29.8 Å². The van der Waals surface area contributed by atoms with Gasteiger partial charge in [-0.05, 0) is 32.4 Å². The molecule has 1 aliphatic carbocycles. The summed E-state index contributed by atoms with van der Waals surface area (Å²) in [5, 5.41) is 1.21. The highest BCUT2D eigenvalue weighted by molar-refractivity contribution is 6.03. The van der Waals surface area contributed by atoms with E-state index in [0.29, 0.717) is 18.4 Å². The number of carbonyl (C=O) groups excluding carboxylic acids is 1. The van der Waals surface area contributed by atoms with E-state index in [1.165, 1.54) is 16.5 Å². The van der Waals surface area contributed by atoms with Gasteiger partial charge in [0.25, 0.3) is 0 Å². The first kappa shape index (κ1) is 12.8. The van der Waals surface area contributed by atoms with E-state index in [1.54, 1.807) is 0 Å². The van der Waals surface area contributed by atoms with Crippen LogP contribution in [0.15, 0.2) is 35.9 Å². The van der Waals surface area contributed by atoms with E-state index >= 15 is 0 Å². The van der Waals surface area contributed by atoms with Gasteiger partial charge in [0.2, 0.25) is 0 Å². The summed E-state index contributed by atoms with van der Waals surface area (Å²) in [5.74, 6) is 0.673. The number of H-pyrrole nitrogens is 1. The first-order valence-corrected chi connectivity index (χ1v) is 7.68. The maximum Gasteiger partial charge on any atom is 0.179 e. The number of hydrogen-bond acceptors (Lipinski definition) is 2. The molecular formula is C18H20N2O. The maximum atomic E-state index is 12.7. The van der Waals surface area contributed by atoms with Crippen molar-refractivity contribution >= 4 is 16.7 Å². The van der Waals surface area contributed by atoms with Crippen LogP contribution in [0.25, 0.3) is 10.9 Å². The Morgan fingerprint density at radius 2 is 2.14 bits per heavy atom. The third kappa shape index (κ3) is 1.80. The minimum atomic E-state index is 0.267. The Morgan fingerprint density at radius 1 is 1.33 bits per heavy atom. The van der Waals surface area contributed by atoms with Crippen molar-refractivity contribution in [2.24, 2.45) is 5.92 Å². The average molecular weight is 280 g/mol. The van der Waals surface area contributed by atoms with Gasteiger partial charge in [-0.2, -0.15) is 0 Å². The molecular weight excluding hydrogens is 260 g/mol. The van der Waals surface area contributed by atoms with Crippen LogP contribution in [-0.2, 0) is 0 Å². The van der Waals surface area contributed by atoms with Crippen LogP contribution in [0.2, 0.25) is 0 Å². The Morgan fingerprint density at radius 3 is 2.95 bits per heavy atom. The lowest BCUT2D eigenvalue weighted by Gasteiger charge is -2.37. The fourth-order valence-electron chi connectivity index (χ4n) is 4.06. The standard InChI is InChI=1S/C18H20N2O/c1-3-11-10-20(2)15-8-12(11)9-16(21)18-17(15)13-6-4-5-7-14(13)19-18/h3-7,12,15,19H,8-10H2,1-2H3/b11-3+. The molecule has 1 N–H and O–H groups in total. The Hall–Kier alpha value is -1.87. The average Bonchev–Trinajstić information content (AvgIpc) is 2.82. The highest BCUT2D eigenvalue weighted by Crippen LogP contribution is 2.44. The van der Waals surface area contributed by atoms with E-state index in [9.17, 15) is 4.79 Å². The lowest BCUT2D eigenvalue weighted by Crippen LogP contribution is -2.34. The van der Waals surface area contributed by atoms with Gasteiger partial charge in [-0.3, -0.25) is 9.69 Å². The first-order valence-electron chi connectivity index (χ1n) is 7.68. The number of likely N-dealkylation sites (tertiary alicyclic amines) is 1. The number of nitrogens with one attached hydrogen (secondary N) is 1. The van der Waals surface area contributed by atoms with Crippen molar-refractivity contribution in [1.29, 1.82) is 0 Å². The first-order chi connectivity index (χ1) is 10.2. The molecule has 1 fully saturated rings. The van der Waals surface area contributed by atoms with E-state index in [4.69, 9.17) is 0 Å². The van der Waals surface area contributed by atoms with E-state index in [-0.39, 0.29) is 5.78 Å². The lowest BCUT2D eigenvalue weighted by molar-refractivity contribution is 0.0956. The highest BCUT2D eigenvalue weighted by Gasteiger charge is 2.38. The predicted octanol–water partition coefficient (Wildman–Crippen LogP) is 3.69. The number of para-hydroxylation sites is 1. The number of ketones is 1. The topological polar surface area (TPSA) is 36.1 Å². The van der Waals surface area contributed by atoms with Crippen LogP contribution in [0.1, 0.15) is 41.9 Å². The Balaban J connectivity index is 1.94. The Bertz CT molecular complexity index is 756. The molecule has 0 amide bonds. The monoisotopic (exact) mass is 280 g/mol. The Labute approximate surface area is 124 Å². The summed E-state index contributed by atoms with van der Waals surface area (Å²) in [7, 11) is 2.17. The van der Waals surface area contributed by atoms with E-state index in [1.807, 2.05) is 6.07 Å². The van der Waals surface area contributed by atoms with Crippen LogP contribution >= 0.6 is 0 Å². The fraction of sp³-hybridized carbons (Fsp3) is 0.389. The number of fused-ring (bicyclic) bond motifs is 6. The number of allylic oxidation sites excluding steroid dienone is 1. The SMILES string of the molecule is C/C=C1\CN(C)C2CC1CC(=O)c1[nH]c3ccccc3c12. The van der Waals surface area contributed by atoms with Gasteiger partial charge >= 0.3 is 0 Å². The van der Waals surface area contributed by atoms with Gasteiger partial charge in [0.1, 0.15) is 0 Å². The van der Waals surface area contributed by atoms with Crippen molar-refractivity contribution in [2.45, 2.75) is 25.8 Å². The normalized spacial score (nSPS) is 27.9. The van der Waals surface area contributed by atoms with Crippen LogP contribution in [-0.4, -0.2) is 29.3 Å². The van der Waals surface area contributed by atoms with Crippen molar-refractivity contribution in [1.82, 2.24) is 9.88 Å². The Kier molecular flexibility index (Phi) is 2.79. The largest absolute Gasteiger partial charge is 0.352 e. The number of aromatic amines is 1. The molecule has 1 aliphatic heterocycles. The molecule has 2 unspecified atom stereocenters. The second kappa shape index (κ2) is 4.57. The molecule has 3 nitrogen and oxygen atoms in total. The van der Waals surface area contributed by atoms with Crippen LogP contribution in [0, 0.1) is 5.92 Å². The number of benzene rings is 1. The second-order valence-electron chi connectivity index (χ2n) is 6.31. The number of rotatable bonds is 0. The molecule has 4 rings (SSSR count). The third-order valence-corrected chi connectivity index (χ3v) is 5.16. The minimum Gasteiger partial charge on any atom is -0.352 e. The van der Waals surface area contributed by atoms with Crippen LogP contribution in [0.3, 0.4) is 0 Å². The zero-order valence-corrected chi connectivity index (χ0v) is 12.5. The van der Waals surface area contributed by atoms with Gasteiger partial charge < -0.3 is 4.98 Å². The summed E-state index contributed by atoms with van der Waals surface area (Å²) in [4.78, 5) is 18.5. The molecule has 2 aromatic rings. The lowest BCUT2D eigenvalue weighted by atomic mass is 9.84. The van der Waals surface area contributed by atoms with Crippen molar-refractivity contribution in [3.05, 3.63) is 47.2 Å². The van der Waals surface area contributed by atoms with Crippen molar-refractivity contribution in [2.75, 3.05) is 13.6 Å². The zero-order valence-electron chi connectivity index (χ0n) is 12.5. The van der Waals surface area contributed by atoms with Gasteiger partial charge in [0.05, 0.1) is 5.69 Å². The van der Waals surface area contributed by atoms with Gasteiger partial charge in [0.15, 0.2) is 5.78 Å². The molecule has 0 saturated carbocycles. The number of aromatic nitrogens is 1. The number of hydrogen-bond donors (Lipinski definition) is 1. The van der Waals surface area contributed by atoms with Crippen molar-refractivity contribution < 1.29 is 4.79 Å². The molecule has 1 aromatic heterocycles. The summed E-state index contributed by atoms with van der Waals surface area (Å²) in [6.45, 7) is 3.06. The molecule has 1 saturated heterocycles. The molecule has 2 bridgehead atoms. The molecule has 21 heavy (non-hydrogen) atoms. The quantitative estimate of drug-likeness (QED) is 0.747. The van der Waals surface area contributed by atoms with Crippen molar-refractivity contribution in [3.63, 3.8) is 0 Å². The minimum absolute atomic E-state index is 0.267. The summed E-state index contributed by atoms with van der Waals surface area (Å²) < 4.78 is 0. The second-order valence-corrected chi connectivity index (χ2v) is 6.31. The van der Waals surface area contributed by atoms with Gasteiger partial charge in [-0.15, -0.1) is 0 Å². The van der Waals surface area contributed by atoms with Crippen LogP contribution < -0.4 is 0 Å². The summed E-state index contributed by atoms with van der Waals surface area (Å²) in [6.07, 6.45) is 3.89. The smallest absolute Gasteiger partial charge is 0.179 e. The highest BCUT2D eigenvalue weighted by atomic mass is 16.1. The number of piperidine rings is 1. The number of likely N-dealkylation sites (N-methyl/N-ethyl adjacent to an activating group) is 1. The molecule has 0 spiro atoms. The maximum absolute atomic E-state index is 12.7. The predicted molar refractivity (Wildman–Crippen MR) is 84.5 cm³/mol. The number of nitrogens with zero attached hydrogens (tertiary/aromatic N) is 1. The van der Waals surface area contributed by atoms with Crippen LogP contribution in [0.4, 0.5) is 0 Å². The fourth-order valence-corrected chi connectivity index (χ4v) is 4.06.